The fourth-order valence-electron chi connectivity index (χ4n) is 3.77. The van der Waals surface area contributed by atoms with E-state index in [0.29, 0.717) is 43.9 Å². The van der Waals surface area contributed by atoms with Crippen LogP contribution in [0, 0.1) is 0 Å². The Bertz CT molecular complexity index is 987. The van der Waals surface area contributed by atoms with Gasteiger partial charge in [-0.1, -0.05) is 24.3 Å². The molecule has 2 aliphatic rings. The molecular formula is C20H22N2O4S. The lowest BCUT2D eigenvalue weighted by Crippen LogP contribution is -2.36. The Morgan fingerprint density at radius 1 is 1.00 bits per heavy atom. The van der Waals surface area contributed by atoms with E-state index in [4.69, 9.17) is 4.74 Å². The summed E-state index contributed by atoms with van der Waals surface area (Å²) in [4.78, 5) is 14.0. The number of nitrogens with zero attached hydrogens (tertiary/aromatic N) is 2. The van der Waals surface area contributed by atoms with Gasteiger partial charge in [0.1, 0.15) is 5.75 Å². The first kappa shape index (κ1) is 18.0. The summed E-state index contributed by atoms with van der Waals surface area (Å²) < 4.78 is 33.3. The number of carbonyl (C=O) groups is 1. The van der Waals surface area contributed by atoms with Crippen LogP contribution in [0.15, 0.2) is 47.4 Å². The highest BCUT2D eigenvalue weighted by molar-refractivity contribution is 7.89. The Kier molecular flexibility index (Phi) is 4.65. The van der Waals surface area contributed by atoms with Gasteiger partial charge in [0.15, 0.2) is 0 Å². The van der Waals surface area contributed by atoms with Crippen LogP contribution in [0.2, 0.25) is 0 Å². The van der Waals surface area contributed by atoms with Gasteiger partial charge >= 0.3 is 0 Å². The first-order valence-electron chi connectivity index (χ1n) is 9.06. The van der Waals surface area contributed by atoms with Gasteiger partial charge in [0.25, 0.3) is 0 Å². The molecule has 1 fully saturated rings. The molecule has 0 N–H and O–H groups in total. The molecule has 2 aromatic rings. The van der Waals surface area contributed by atoms with Crippen LogP contribution in [0.5, 0.6) is 5.75 Å². The average Bonchev–Trinajstić information content (AvgIpc) is 3.12. The van der Waals surface area contributed by atoms with E-state index in [9.17, 15) is 13.2 Å². The number of anilines is 1. The van der Waals surface area contributed by atoms with Gasteiger partial charge in [0.2, 0.25) is 15.9 Å². The van der Waals surface area contributed by atoms with Crippen molar-refractivity contribution in [3.05, 3.63) is 53.6 Å². The number of ether oxygens (including phenoxy) is 1. The summed E-state index contributed by atoms with van der Waals surface area (Å²) in [5.41, 5.74) is 2.76. The zero-order valence-electron chi connectivity index (χ0n) is 15.2. The van der Waals surface area contributed by atoms with Gasteiger partial charge in [-0.25, -0.2) is 8.42 Å². The predicted molar refractivity (Wildman–Crippen MR) is 102 cm³/mol. The van der Waals surface area contributed by atoms with Crippen molar-refractivity contribution in [1.29, 1.82) is 0 Å². The maximum atomic E-state index is 13.2. The summed E-state index contributed by atoms with van der Waals surface area (Å²) in [6.07, 6.45) is 1.94. The lowest BCUT2D eigenvalue weighted by molar-refractivity contribution is -0.117. The number of sulfonamides is 1. The number of benzene rings is 2. The van der Waals surface area contributed by atoms with Crippen LogP contribution in [0.4, 0.5) is 5.69 Å². The number of fused-ring (bicyclic) bond motifs is 1. The zero-order valence-corrected chi connectivity index (χ0v) is 16.0. The van der Waals surface area contributed by atoms with Crippen LogP contribution >= 0.6 is 0 Å². The Morgan fingerprint density at radius 3 is 2.48 bits per heavy atom. The molecule has 2 heterocycles. The molecule has 0 bridgehead atoms. The topological polar surface area (TPSA) is 66.9 Å². The minimum absolute atomic E-state index is 0.00486. The quantitative estimate of drug-likeness (QED) is 0.810. The Labute approximate surface area is 159 Å². The van der Waals surface area contributed by atoms with Crippen molar-refractivity contribution in [2.45, 2.75) is 30.7 Å². The van der Waals surface area contributed by atoms with E-state index < -0.39 is 10.0 Å². The number of carbonyl (C=O) groups excluding carboxylic acids is 1. The number of methoxy groups -OCH3 is 1. The monoisotopic (exact) mass is 386 g/mol. The Balaban J connectivity index is 1.69. The minimum Gasteiger partial charge on any atom is -0.495 e. The van der Waals surface area contributed by atoms with Crippen molar-refractivity contribution in [1.82, 2.24) is 4.31 Å². The van der Waals surface area contributed by atoms with Crippen molar-refractivity contribution in [3.63, 3.8) is 0 Å². The zero-order chi connectivity index (χ0) is 19.0. The second-order valence-corrected chi connectivity index (χ2v) is 8.78. The first-order valence-corrected chi connectivity index (χ1v) is 10.5. The molecule has 1 saturated heterocycles. The van der Waals surface area contributed by atoms with Gasteiger partial charge in [-0.2, -0.15) is 4.31 Å². The summed E-state index contributed by atoms with van der Waals surface area (Å²) >= 11 is 0. The van der Waals surface area contributed by atoms with Crippen molar-refractivity contribution < 1.29 is 17.9 Å². The predicted octanol–water partition coefficient (Wildman–Crippen LogP) is 2.57. The van der Waals surface area contributed by atoms with Crippen molar-refractivity contribution in [2.75, 3.05) is 25.1 Å². The van der Waals surface area contributed by atoms with E-state index in [1.807, 2.05) is 24.3 Å². The molecule has 0 atom stereocenters. The second-order valence-electron chi connectivity index (χ2n) is 6.84. The lowest BCUT2D eigenvalue weighted by atomic mass is 10.0. The van der Waals surface area contributed by atoms with E-state index in [-0.39, 0.29) is 10.8 Å². The number of rotatable bonds is 4. The molecule has 6 nitrogen and oxygen atoms in total. The van der Waals surface area contributed by atoms with Gasteiger partial charge in [-0.05, 0) is 42.2 Å². The van der Waals surface area contributed by atoms with Gasteiger partial charge in [-0.15, -0.1) is 0 Å². The number of amides is 1. The van der Waals surface area contributed by atoms with E-state index in [2.05, 4.69) is 0 Å². The normalized spacial score (nSPS) is 17.8. The fourth-order valence-corrected chi connectivity index (χ4v) is 5.21. The molecule has 0 aliphatic carbocycles. The highest BCUT2D eigenvalue weighted by Gasteiger charge is 2.31. The fraction of sp³-hybridized carbons (Fsp3) is 0.350. The summed E-state index contributed by atoms with van der Waals surface area (Å²) in [5.74, 6) is 0.503. The minimum atomic E-state index is -3.66. The molecule has 0 aromatic heterocycles. The highest BCUT2D eigenvalue weighted by atomic mass is 32.2. The molecule has 1 amide bonds. The van der Waals surface area contributed by atoms with Crippen LogP contribution in [0.1, 0.15) is 24.0 Å². The SMILES string of the molecule is COc1ccc(S(=O)(=O)N2CCc3ccccc3C2)cc1N1CCCC1=O. The standard InChI is InChI=1S/C20H22N2O4S/c1-26-19-9-8-17(13-18(19)22-11-4-7-20(22)23)27(24,25)21-12-10-15-5-2-3-6-16(15)14-21/h2-3,5-6,8-9,13H,4,7,10-12,14H2,1H3. The van der Waals surface area contributed by atoms with E-state index in [0.717, 1.165) is 12.0 Å². The molecule has 2 aromatic carbocycles. The first-order chi connectivity index (χ1) is 13.0. The molecule has 0 unspecified atom stereocenters. The molecule has 0 spiro atoms. The summed E-state index contributed by atoms with van der Waals surface area (Å²) in [6, 6.07) is 12.7. The third kappa shape index (κ3) is 3.21. The average molecular weight is 386 g/mol. The molecule has 27 heavy (non-hydrogen) atoms. The van der Waals surface area contributed by atoms with Gasteiger partial charge in [-0.3, -0.25) is 4.79 Å². The van der Waals surface area contributed by atoms with Gasteiger partial charge in [0.05, 0.1) is 17.7 Å². The van der Waals surface area contributed by atoms with E-state index >= 15 is 0 Å². The summed E-state index contributed by atoms with van der Waals surface area (Å²) in [6.45, 7) is 1.39. The highest BCUT2D eigenvalue weighted by Crippen LogP contribution is 2.35. The Morgan fingerprint density at radius 2 is 1.78 bits per heavy atom. The third-order valence-corrected chi connectivity index (χ3v) is 7.09. The largest absolute Gasteiger partial charge is 0.495 e. The number of hydrogen-bond acceptors (Lipinski definition) is 4. The molecule has 0 radical (unpaired) electrons. The maximum Gasteiger partial charge on any atom is 0.243 e. The van der Waals surface area contributed by atoms with E-state index in [1.54, 1.807) is 23.1 Å². The van der Waals surface area contributed by atoms with Crippen LogP contribution < -0.4 is 9.64 Å². The van der Waals surface area contributed by atoms with E-state index in [1.165, 1.54) is 17.0 Å². The van der Waals surface area contributed by atoms with Crippen molar-refractivity contribution >= 4 is 21.6 Å². The van der Waals surface area contributed by atoms with Crippen molar-refractivity contribution in [2.24, 2.45) is 0 Å². The number of hydrogen-bond donors (Lipinski definition) is 0. The molecule has 142 valence electrons. The van der Waals surface area contributed by atoms with Gasteiger partial charge in [0, 0.05) is 26.1 Å². The third-order valence-electron chi connectivity index (χ3n) is 5.25. The smallest absolute Gasteiger partial charge is 0.243 e. The maximum absolute atomic E-state index is 13.2. The lowest BCUT2D eigenvalue weighted by Gasteiger charge is -2.28. The van der Waals surface area contributed by atoms with Crippen LogP contribution in [0.25, 0.3) is 0 Å². The molecule has 4 rings (SSSR count). The molecular weight excluding hydrogens is 364 g/mol. The van der Waals surface area contributed by atoms with Crippen LogP contribution in [-0.2, 0) is 27.8 Å². The summed E-state index contributed by atoms with van der Waals surface area (Å²) in [5, 5.41) is 0. The van der Waals surface area contributed by atoms with Gasteiger partial charge < -0.3 is 9.64 Å². The summed E-state index contributed by atoms with van der Waals surface area (Å²) in [7, 11) is -2.14. The Hall–Kier alpha value is -2.38. The van der Waals surface area contributed by atoms with Crippen LogP contribution in [-0.4, -0.2) is 38.8 Å². The van der Waals surface area contributed by atoms with Crippen LogP contribution in [0.3, 0.4) is 0 Å². The van der Waals surface area contributed by atoms with Crippen molar-refractivity contribution in [3.8, 4) is 5.75 Å². The molecule has 7 heteroatoms. The molecule has 0 saturated carbocycles. The second kappa shape index (κ2) is 6.98. The molecule has 2 aliphatic heterocycles.